The number of rotatable bonds is 1. The van der Waals surface area contributed by atoms with E-state index < -0.39 is 0 Å². The largest absolute Gasteiger partial charge is 0.384 e. The smallest absolute Gasteiger partial charge is 0.254 e. The fourth-order valence-corrected chi connectivity index (χ4v) is 2.62. The molecule has 0 saturated carbocycles. The first-order chi connectivity index (χ1) is 9.27. The van der Waals surface area contributed by atoms with Gasteiger partial charge in [-0.05, 0) is 30.9 Å². The van der Waals surface area contributed by atoms with E-state index in [1.165, 1.54) is 6.42 Å². The number of anilines is 1. The van der Waals surface area contributed by atoms with Gasteiger partial charge in [-0.25, -0.2) is 4.98 Å². The number of pyridine rings is 1. The molecule has 110 valence electrons. The second kappa shape index (κ2) is 5.43. The minimum Gasteiger partial charge on any atom is -0.384 e. The van der Waals surface area contributed by atoms with Gasteiger partial charge in [-0.2, -0.15) is 0 Å². The molecule has 2 rings (SSSR count). The maximum absolute atomic E-state index is 12.6. The van der Waals surface area contributed by atoms with Gasteiger partial charge in [0.05, 0.1) is 0 Å². The fourth-order valence-electron chi connectivity index (χ4n) is 2.62. The van der Waals surface area contributed by atoms with Gasteiger partial charge in [0.25, 0.3) is 5.91 Å². The molecule has 0 radical (unpaired) electrons. The molecule has 4 nitrogen and oxygen atoms in total. The van der Waals surface area contributed by atoms with E-state index in [0.29, 0.717) is 17.3 Å². The predicted molar refractivity (Wildman–Crippen MR) is 81.7 cm³/mol. The third kappa shape index (κ3) is 3.30. The maximum atomic E-state index is 12.6. The predicted octanol–water partition coefficient (Wildman–Crippen LogP) is 2.83. The van der Waals surface area contributed by atoms with Crippen LogP contribution in [0.15, 0.2) is 12.1 Å². The SMILES string of the molecule is CC1CCCN(C(=O)c2cc(N)nc(C(C)(C)C)c2)C1. The van der Waals surface area contributed by atoms with Gasteiger partial charge in [-0.1, -0.05) is 27.7 Å². The van der Waals surface area contributed by atoms with Crippen LogP contribution in [0.25, 0.3) is 0 Å². The third-order valence-electron chi connectivity index (χ3n) is 3.80. The molecule has 0 aromatic carbocycles. The zero-order valence-corrected chi connectivity index (χ0v) is 12.9. The van der Waals surface area contributed by atoms with Gasteiger partial charge >= 0.3 is 0 Å². The Kier molecular flexibility index (Phi) is 4.02. The molecule has 1 atom stereocenters. The van der Waals surface area contributed by atoms with E-state index >= 15 is 0 Å². The van der Waals surface area contributed by atoms with Crippen molar-refractivity contribution < 1.29 is 4.79 Å². The molecule has 0 bridgehead atoms. The van der Waals surface area contributed by atoms with Crippen LogP contribution in [0.5, 0.6) is 0 Å². The number of amides is 1. The molecule has 1 aromatic heterocycles. The number of nitrogens with zero attached hydrogens (tertiary/aromatic N) is 2. The maximum Gasteiger partial charge on any atom is 0.254 e. The molecule has 1 aromatic rings. The quantitative estimate of drug-likeness (QED) is 0.857. The summed E-state index contributed by atoms with van der Waals surface area (Å²) in [6.07, 6.45) is 2.29. The molecular weight excluding hydrogens is 250 g/mol. The van der Waals surface area contributed by atoms with E-state index in [-0.39, 0.29) is 11.3 Å². The van der Waals surface area contributed by atoms with Crippen molar-refractivity contribution in [1.29, 1.82) is 0 Å². The molecule has 1 saturated heterocycles. The van der Waals surface area contributed by atoms with Crippen LogP contribution in [0, 0.1) is 5.92 Å². The van der Waals surface area contributed by atoms with Crippen molar-refractivity contribution in [3.8, 4) is 0 Å². The lowest BCUT2D eigenvalue weighted by Crippen LogP contribution is -2.39. The summed E-state index contributed by atoms with van der Waals surface area (Å²) in [4.78, 5) is 18.9. The molecule has 0 spiro atoms. The van der Waals surface area contributed by atoms with E-state index in [9.17, 15) is 4.79 Å². The Morgan fingerprint density at radius 2 is 2.10 bits per heavy atom. The molecule has 1 amide bonds. The number of nitrogen functional groups attached to an aromatic ring is 1. The Morgan fingerprint density at radius 3 is 2.70 bits per heavy atom. The Balaban J connectivity index is 2.28. The van der Waals surface area contributed by atoms with Crippen LogP contribution in [0.2, 0.25) is 0 Å². The number of hydrogen-bond acceptors (Lipinski definition) is 3. The molecule has 1 fully saturated rings. The fraction of sp³-hybridized carbons (Fsp3) is 0.625. The van der Waals surface area contributed by atoms with Gasteiger partial charge in [0, 0.05) is 29.8 Å². The highest BCUT2D eigenvalue weighted by Gasteiger charge is 2.24. The van der Waals surface area contributed by atoms with E-state index in [2.05, 4.69) is 32.7 Å². The zero-order chi connectivity index (χ0) is 14.9. The van der Waals surface area contributed by atoms with Crippen molar-refractivity contribution in [3.63, 3.8) is 0 Å². The number of carbonyl (C=O) groups excluding carboxylic acids is 1. The lowest BCUT2D eigenvalue weighted by molar-refractivity contribution is 0.0683. The molecule has 4 heteroatoms. The van der Waals surface area contributed by atoms with Crippen LogP contribution in [0.3, 0.4) is 0 Å². The Labute approximate surface area is 121 Å². The van der Waals surface area contributed by atoms with Crippen molar-refractivity contribution in [1.82, 2.24) is 9.88 Å². The summed E-state index contributed by atoms with van der Waals surface area (Å²) < 4.78 is 0. The summed E-state index contributed by atoms with van der Waals surface area (Å²) in [5.74, 6) is 1.08. The van der Waals surface area contributed by atoms with Crippen LogP contribution in [-0.4, -0.2) is 28.9 Å². The van der Waals surface area contributed by atoms with Gasteiger partial charge in [-0.15, -0.1) is 0 Å². The average Bonchev–Trinajstić information content (AvgIpc) is 2.36. The van der Waals surface area contributed by atoms with Crippen molar-refractivity contribution >= 4 is 11.7 Å². The minimum atomic E-state index is -0.112. The van der Waals surface area contributed by atoms with E-state index in [0.717, 1.165) is 25.2 Å². The molecule has 2 heterocycles. The normalized spacial score (nSPS) is 20.0. The first-order valence-corrected chi connectivity index (χ1v) is 7.34. The van der Waals surface area contributed by atoms with Crippen LogP contribution >= 0.6 is 0 Å². The van der Waals surface area contributed by atoms with Crippen molar-refractivity contribution in [3.05, 3.63) is 23.4 Å². The second-order valence-electron chi connectivity index (χ2n) is 6.91. The highest BCUT2D eigenvalue weighted by atomic mass is 16.2. The summed E-state index contributed by atoms with van der Waals surface area (Å²) >= 11 is 0. The first-order valence-electron chi connectivity index (χ1n) is 7.34. The van der Waals surface area contributed by atoms with Crippen LogP contribution < -0.4 is 5.73 Å². The second-order valence-corrected chi connectivity index (χ2v) is 6.91. The molecule has 2 N–H and O–H groups in total. The summed E-state index contributed by atoms with van der Waals surface area (Å²) in [6, 6.07) is 3.58. The monoisotopic (exact) mass is 275 g/mol. The molecule has 1 aliphatic rings. The first kappa shape index (κ1) is 14.8. The Bertz CT molecular complexity index is 505. The van der Waals surface area contributed by atoms with Crippen molar-refractivity contribution in [2.75, 3.05) is 18.8 Å². The van der Waals surface area contributed by atoms with Crippen molar-refractivity contribution in [2.24, 2.45) is 5.92 Å². The highest BCUT2D eigenvalue weighted by molar-refractivity contribution is 5.95. The highest BCUT2D eigenvalue weighted by Crippen LogP contribution is 2.24. The number of piperidine rings is 1. The summed E-state index contributed by atoms with van der Waals surface area (Å²) in [7, 11) is 0. The van der Waals surface area contributed by atoms with Gasteiger partial charge < -0.3 is 10.6 Å². The Hall–Kier alpha value is -1.58. The molecular formula is C16H25N3O. The zero-order valence-electron chi connectivity index (χ0n) is 12.9. The number of likely N-dealkylation sites (tertiary alicyclic amines) is 1. The van der Waals surface area contributed by atoms with Gasteiger partial charge in [0.15, 0.2) is 0 Å². The molecule has 1 aliphatic heterocycles. The number of hydrogen-bond donors (Lipinski definition) is 1. The van der Waals surface area contributed by atoms with E-state index in [1.807, 2.05) is 11.0 Å². The van der Waals surface area contributed by atoms with Gasteiger partial charge in [0.1, 0.15) is 5.82 Å². The average molecular weight is 275 g/mol. The van der Waals surface area contributed by atoms with E-state index in [1.54, 1.807) is 6.07 Å². The van der Waals surface area contributed by atoms with Crippen LogP contribution in [0.4, 0.5) is 5.82 Å². The summed E-state index contributed by atoms with van der Waals surface area (Å²) in [5, 5.41) is 0. The van der Waals surface area contributed by atoms with Crippen molar-refractivity contribution in [2.45, 2.75) is 46.0 Å². The molecule has 1 unspecified atom stereocenters. The summed E-state index contributed by atoms with van der Waals surface area (Å²) in [6.45, 7) is 10.1. The lowest BCUT2D eigenvalue weighted by Gasteiger charge is -2.31. The number of aromatic nitrogens is 1. The van der Waals surface area contributed by atoms with Gasteiger partial charge in [-0.3, -0.25) is 4.79 Å². The minimum absolute atomic E-state index is 0.0798. The van der Waals surface area contributed by atoms with Gasteiger partial charge in [0.2, 0.25) is 0 Å². The Morgan fingerprint density at radius 1 is 1.40 bits per heavy atom. The molecule has 0 aliphatic carbocycles. The third-order valence-corrected chi connectivity index (χ3v) is 3.80. The van der Waals surface area contributed by atoms with E-state index in [4.69, 9.17) is 5.73 Å². The lowest BCUT2D eigenvalue weighted by atomic mass is 9.90. The number of carbonyl (C=O) groups is 1. The van der Waals surface area contributed by atoms with Crippen LogP contribution in [0.1, 0.15) is 56.6 Å². The molecule has 20 heavy (non-hydrogen) atoms. The topological polar surface area (TPSA) is 59.2 Å². The summed E-state index contributed by atoms with van der Waals surface area (Å²) in [5.41, 5.74) is 7.29. The standard InChI is InChI=1S/C16H25N3O/c1-11-6-5-7-19(10-11)15(20)12-8-13(16(2,3)4)18-14(17)9-12/h8-9,11H,5-7,10H2,1-4H3,(H2,17,18). The number of nitrogens with two attached hydrogens (primary N) is 1. The van der Waals surface area contributed by atoms with Crippen LogP contribution in [-0.2, 0) is 5.41 Å².